The van der Waals surface area contributed by atoms with Crippen LogP contribution in [0.4, 0.5) is 0 Å². The number of H-pyrrole nitrogens is 1. The third-order valence-corrected chi connectivity index (χ3v) is 5.96. The van der Waals surface area contributed by atoms with Gasteiger partial charge in [-0.05, 0) is 53.4 Å². The van der Waals surface area contributed by atoms with Gasteiger partial charge in [-0.1, -0.05) is 24.3 Å². The molecule has 128 valence electrons. The molecule has 0 fully saturated rings. The number of benzene rings is 3. The van der Waals surface area contributed by atoms with E-state index in [1.165, 1.54) is 26.9 Å². The Morgan fingerprint density at radius 3 is 2.74 bits per heavy atom. The van der Waals surface area contributed by atoms with Gasteiger partial charge in [0, 0.05) is 15.1 Å². The molecule has 6 aromatic rings. The number of imidazole rings is 1. The predicted molar refractivity (Wildman–Crippen MR) is 110 cm³/mol. The summed E-state index contributed by atoms with van der Waals surface area (Å²) in [5.74, 6) is 0.836. The second kappa shape index (κ2) is 5.53. The van der Waals surface area contributed by atoms with Crippen LogP contribution >= 0.6 is 11.3 Å². The van der Waals surface area contributed by atoms with Crippen molar-refractivity contribution in [2.75, 3.05) is 0 Å². The quantitative estimate of drug-likeness (QED) is 0.393. The molecule has 0 spiro atoms. The Labute approximate surface area is 158 Å². The Bertz CT molecular complexity index is 1410. The molecule has 5 heteroatoms. The van der Waals surface area contributed by atoms with Gasteiger partial charge in [0.15, 0.2) is 12.0 Å². The van der Waals surface area contributed by atoms with E-state index in [-0.39, 0.29) is 0 Å². The molecular weight excluding hydrogens is 354 g/mol. The molecule has 0 unspecified atom stereocenters. The smallest absolute Gasteiger partial charge is 0.181 e. The van der Waals surface area contributed by atoms with Crippen molar-refractivity contribution in [1.29, 1.82) is 0 Å². The van der Waals surface area contributed by atoms with E-state index in [2.05, 4.69) is 58.5 Å². The fourth-order valence-electron chi connectivity index (χ4n) is 3.43. The molecule has 3 aromatic heterocycles. The summed E-state index contributed by atoms with van der Waals surface area (Å²) in [7, 11) is 0. The summed E-state index contributed by atoms with van der Waals surface area (Å²) in [4.78, 5) is 13.7. The molecule has 0 aliphatic rings. The van der Waals surface area contributed by atoms with Crippen LogP contribution in [0.15, 0.2) is 77.5 Å². The van der Waals surface area contributed by atoms with E-state index >= 15 is 0 Å². The summed E-state index contributed by atoms with van der Waals surface area (Å²) in [6.45, 7) is 0. The van der Waals surface area contributed by atoms with E-state index in [9.17, 15) is 0 Å². The number of hydrogen-bond acceptors (Lipinski definition) is 4. The summed E-state index contributed by atoms with van der Waals surface area (Å²) in [5, 5.41) is 1.28. The molecular formula is C22H13N3OS. The molecule has 0 saturated carbocycles. The van der Waals surface area contributed by atoms with Crippen LogP contribution in [0.25, 0.3) is 54.0 Å². The molecule has 0 radical (unpaired) electrons. The van der Waals surface area contributed by atoms with Gasteiger partial charge in [-0.3, -0.25) is 0 Å². The Morgan fingerprint density at radius 2 is 1.78 bits per heavy atom. The average molecular weight is 367 g/mol. The highest BCUT2D eigenvalue weighted by Gasteiger charge is 2.10. The van der Waals surface area contributed by atoms with E-state index in [0.717, 1.165) is 33.5 Å². The van der Waals surface area contributed by atoms with Crippen molar-refractivity contribution in [3.8, 4) is 21.8 Å². The number of aromatic amines is 1. The summed E-state index contributed by atoms with van der Waals surface area (Å²) in [5.41, 5.74) is 5.79. The largest absolute Gasteiger partial charge is 0.443 e. The Morgan fingerprint density at radius 1 is 0.852 bits per heavy atom. The maximum Gasteiger partial charge on any atom is 0.181 e. The monoisotopic (exact) mass is 367 g/mol. The highest BCUT2D eigenvalue weighted by Crippen LogP contribution is 2.35. The third-order valence-electron chi connectivity index (χ3n) is 4.80. The maximum absolute atomic E-state index is 5.32. The molecule has 0 aliphatic heterocycles. The number of fused-ring (bicyclic) bond motifs is 3. The Balaban J connectivity index is 1.46. The van der Waals surface area contributed by atoms with Crippen LogP contribution in [-0.2, 0) is 0 Å². The first-order chi connectivity index (χ1) is 13.3. The normalized spacial score (nSPS) is 11.7. The zero-order chi connectivity index (χ0) is 17.8. The minimum atomic E-state index is 0.780. The number of oxazole rings is 1. The number of nitrogens with one attached hydrogen (secondary N) is 1. The SMILES string of the molecule is c1ccc2sc(-c3ccc4nc(-c5ccc6ocnc6c5)[nH]c4c3)cc2c1. The molecule has 27 heavy (non-hydrogen) atoms. The van der Waals surface area contributed by atoms with Crippen LogP contribution in [0.1, 0.15) is 0 Å². The number of hydrogen-bond donors (Lipinski definition) is 1. The summed E-state index contributed by atoms with van der Waals surface area (Å²) < 4.78 is 6.62. The molecule has 1 N–H and O–H groups in total. The highest BCUT2D eigenvalue weighted by molar-refractivity contribution is 7.22. The number of thiophene rings is 1. The standard InChI is InChI=1S/C22H13N3OS/c1-2-4-20-13(3-1)11-21(27-20)14-5-7-16-17(9-14)25-22(24-16)15-6-8-19-18(10-15)23-12-26-19/h1-12H,(H,24,25). The van der Waals surface area contributed by atoms with Crippen LogP contribution in [-0.4, -0.2) is 15.0 Å². The average Bonchev–Trinajstić information content (AvgIpc) is 3.42. The maximum atomic E-state index is 5.32. The van der Waals surface area contributed by atoms with Crippen molar-refractivity contribution >= 4 is 43.6 Å². The van der Waals surface area contributed by atoms with Crippen LogP contribution < -0.4 is 0 Å². The topological polar surface area (TPSA) is 54.7 Å². The fraction of sp³-hybridized carbons (Fsp3) is 0. The van der Waals surface area contributed by atoms with Gasteiger partial charge in [0.05, 0.1) is 11.0 Å². The number of nitrogens with zero attached hydrogens (tertiary/aromatic N) is 2. The molecule has 0 amide bonds. The van der Waals surface area contributed by atoms with Gasteiger partial charge >= 0.3 is 0 Å². The molecule has 0 aliphatic carbocycles. The lowest BCUT2D eigenvalue weighted by Gasteiger charge is -1.96. The number of rotatable bonds is 2. The van der Waals surface area contributed by atoms with Crippen LogP contribution in [0.3, 0.4) is 0 Å². The van der Waals surface area contributed by atoms with Gasteiger partial charge in [-0.25, -0.2) is 9.97 Å². The lowest BCUT2D eigenvalue weighted by atomic mass is 10.1. The summed E-state index contributed by atoms with van der Waals surface area (Å²) in [6.07, 6.45) is 1.46. The second-order valence-electron chi connectivity index (χ2n) is 6.50. The minimum Gasteiger partial charge on any atom is -0.443 e. The van der Waals surface area contributed by atoms with Gasteiger partial charge in [-0.15, -0.1) is 11.3 Å². The van der Waals surface area contributed by atoms with Crippen molar-refractivity contribution in [3.05, 3.63) is 73.1 Å². The van der Waals surface area contributed by atoms with Gasteiger partial charge < -0.3 is 9.40 Å². The second-order valence-corrected chi connectivity index (χ2v) is 7.58. The molecule has 0 bridgehead atoms. The van der Waals surface area contributed by atoms with E-state index in [1.807, 2.05) is 29.5 Å². The van der Waals surface area contributed by atoms with Gasteiger partial charge in [0.2, 0.25) is 0 Å². The lowest BCUT2D eigenvalue weighted by Crippen LogP contribution is -1.80. The Hall–Kier alpha value is -3.44. The van der Waals surface area contributed by atoms with Crippen molar-refractivity contribution in [2.45, 2.75) is 0 Å². The van der Waals surface area contributed by atoms with Gasteiger partial charge in [0.25, 0.3) is 0 Å². The molecule has 3 aromatic carbocycles. The third kappa shape index (κ3) is 2.36. The zero-order valence-electron chi connectivity index (χ0n) is 14.1. The van der Waals surface area contributed by atoms with Crippen molar-refractivity contribution in [1.82, 2.24) is 15.0 Å². The van der Waals surface area contributed by atoms with Crippen molar-refractivity contribution in [2.24, 2.45) is 0 Å². The molecule has 0 atom stereocenters. The van der Waals surface area contributed by atoms with Gasteiger partial charge in [0.1, 0.15) is 11.3 Å². The van der Waals surface area contributed by atoms with E-state index < -0.39 is 0 Å². The van der Waals surface area contributed by atoms with Crippen LogP contribution in [0.5, 0.6) is 0 Å². The van der Waals surface area contributed by atoms with Crippen molar-refractivity contribution < 1.29 is 4.42 Å². The first-order valence-electron chi connectivity index (χ1n) is 8.66. The van der Waals surface area contributed by atoms with E-state index in [1.54, 1.807) is 0 Å². The summed E-state index contributed by atoms with van der Waals surface area (Å²) >= 11 is 1.81. The van der Waals surface area contributed by atoms with E-state index in [0.29, 0.717) is 0 Å². The fourth-order valence-corrected chi connectivity index (χ4v) is 4.49. The van der Waals surface area contributed by atoms with Crippen LogP contribution in [0.2, 0.25) is 0 Å². The van der Waals surface area contributed by atoms with E-state index in [4.69, 9.17) is 9.40 Å². The van der Waals surface area contributed by atoms with Gasteiger partial charge in [-0.2, -0.15) is 0 Å². The molecule has 6 rings (SSSR count). The highest BCUT2D eigenvalue weighted by atomic mass is 32.1. The number of aromatic nitrogens is 3. The summed E-state index contributed by atoms with van der Waals surface area (Å²) in [6, 6.07) is 23.0. The Kier molecular flexibility index (Phi) is 3.01. The first kappa shape index (κ1) is 14.7. The molecule has 3 heterocycles. The zero-order valence-corrected chi connectivity index (χ0v) is 15.0. The lowest BCUT2D eigenvalue weighted by molar-refractivity contribution is 0.602. The predicted octanol–water partition coefficient (Wildman–Crippen LogP) is 6.25. The molecule has 4 nitrogen and oxygen atoms in total. The molecule has 0 saturated heterocycles. The van der Waals surface area contributed by atoms with Crippen LogP contribution in [0, 0.1) is 0 Å². The first-order valence-corrected chi connectivity index (χ1v) is 9.47. The minimum absolute atomic E-state index is 0.780. The van der Waals surface area contributed by atoms with Crippen molar-refractivity contribution in [3.63, 3.8) is 0 Å².